The quantitative estimate of drug-likeness (QED) is 0.809. The first kappa shape index (κ1) is 18.8. The molecular weight excluding hydrogens is 308 g/mol. The molecule has 2 rings (SSSR count). The van der Waals surface area contributed by atoms with E-state index >= 15 is 0 Å². The van der Waals surface area contributed by atoms with E-state index in [-0.39, 0.29) is 0 Å². The molecule has 1 saturated heterocycles. The molecule has 0 atom stereocenters. The lowest BCUT2D eigenvalue weighted by molar-refractivity contribution is 0.380. The first-order chi connectivity index (χ1) is 12.0. The highest BCUT2D eigenvalue weighted by atomic mass is 15.4. The minimum absolute atomic E-state index is 0.854. The van der Waals surface area contributed by atoms with Crippen LogP contribution in [0.4, 0.5) is 0 Å². The van der Waals surface area contributed by atoms with Gasteiger partial charge in [-0.15, -0.1) is 0 Å². The number of rotatable bonds is 4. The van der Waals surface area contributed by atoms with Crippen LogP contribution < -0.4 is 5.32 Å². The van der Waals surface area contributed by atoms with Gasteiger partial charge in [0.25, 0.3) is 0 Å². The number of likely N-dealkylation sites (N-methyl/N-ethyl adjacent to an activating group) is 1. The van der Waals surface area contributed by atoms with E-state index in [9.17, 15) is 0 Å². The molecule has 1 aliphatic carbocycles. The van der Waals surface area contributed by atoms with Crippen molar-refractivity contribution in [1.29, 1.82) is 0 Å². The van der Waals surface area contributed by atoms with Crippen LogP contribution in [0.15, 0.2) is 76.6 Å². The smallest absolute Gasteiger partial charge is 0.144 e. The van der Waals surface area contributed by atoms with E-state index in [0.29, 0.717) is 0 Å². The van der Waals surface area contributed by atoms with Crippen molar-refractivity contribution in [3.8, 4) is 0 Å². The van der Waals surface area contributed by atoms with Crippen LogP contribution in [0, 0.1) is 0 Å². The van der Waals surface area contributed by atoms with E-state index in [1.807, 2.05) is 21.0 Å². The summed E-state index contributed by atoms with van der Waals surface area (Å²) in [4.78, 5) is 8.83. The SMILES string of the molecule is C=C1/C(=C(/C)NC2=CC=CCC2)C(=NC)N(C(=C)CC)/C(=C\C)N1C. The second-order valence-electron chi connectivity index (χ2n) is 6.24. The molecule has 4 heteroatoms. The summed E-state index contributed by atoms with van der Waals surface area (Å²) < 4.78 is 0. The molecule has 0 amide bonds. The highest BCUT2D eigenvalue weighted by molar-refractivity contribution is 6.05. The summed E-state index contributed by atoms with van der Waals surface area (Å²) in [6, 6.07) is 0. The predicted octanol–water partition coefficient (Wildman–Crippen LogP) is 4.66. The van der Waals surface area contributed by atoms with Gasteiger partial charge in [0.2, 0.25) is 0 Å². The Kier molecular flexibility index (Phi) is 6.07. The molecule has 134 valence electrons. The van der Waals surface area contributed by atoms with Gasteiger partial charge in [0.1, 0.15) is 11.7 Å². The van der Waals surface area contributed by atoms with E-state index in [1.165, 1.54) is 5.70 Å². The highest BCUT2D eigenvalue weighted by Crippen LogP contribution is 2.34. The van der Waals surface area contributed by atoms with Crippen molar-refractivity contribution in [2.24, 2.45) is 4.99 Å². The lowest BCUT2D eigenvalue weighted by atomic mass is 10.0. The summed E-state index contributed by atoms with van der Waals surface area (Å²) >= 11 is 0. The van der Waals surface area contributed by atoms with Crippen LogP contribution in [0.1, 0.15) is 40.0 Å². The maximum atomic E-state index is 4.60. The van der Waals surface area contributed by atoms with Crippen LogP contribution in [-0.2, 0) is 0 Å². The van der Waals surface area contributed by atoms with E-state index in [2.05, 4.69) is 71.4 Å². The second kappa shape index (κ2) is 8.06. The van der Waals surface area contributed by atoms with Crippen molar-refractivity contribution in [3.63, 3.8) is 0 Å². The Hall–Kier alpha value is -2.49. The topological polar surface area (TPSA) is 30.9 Å². The number of hydrogen-bond donors (Lipinski definition) is 1. The highest BCUT2D eigenvalue weighted by Gasteiger charge is 2.33. The summed E-state index contributed by atoms with van der Waals surface area (Å²) in [6.45, 7) is 14.8. The van der Waals surface area contributed by atoms with E-state index in [0.717, 1.165) is 53.6 Å². The van der Waals surface area contributed by atoms with Gasteiger partial charge in [-0.05, 0) is 45.3 Å². The van der Waals surface area contributed by atoms with Crippen LogP contribution >= 0.6 is 0 Å². The number of nitrogens with zero attached hydrogens (tertiary/aromatic N) is 3. The number of aliphatic imine (C=N–C) groups is 1. The molecule has 0 aromatic heterocycles. The molecule has 0 spiro atoms. The maximum absolute atomic E-state index is 4.60. The van der Waals surface area contributed by atoms with Crippen molar-refractivity contribution in [2.45, 2.75) is 40.0 Å². The summed E-state index contributed by atoms with van der Waals surface area (Å²) in [5.41, 5.74) is 5.25. The molecular formula is C21H30N4. The number of nitrogens with one attached hydrogen (secondary N) is 1. The fraction of sp³-hybridized carbons (Fsp3) is 0.381. The van der Waals surface area contributed by atoms with Gasteiger partial charge in [-0.2, -0.15) is 0 Å². The average molecular weight is 338 g/mol. The van der Waals surface area contributed by atoms with E-state index in [4.69, 9.17) is 0 Å². The van der Waals surface area contributed by atoms with Gasteiger partial charge in [0, 0.05) is 36.9 Å². The zero-order chi connectivity index (χ0) is 18.6. The summed E-state index contributed by atoms with van der Waals surface area (Å²) in [6.07, 6.45) is 11.4. The van der Waals surface area contributed by atoms with Gasteiger partial charge in [0.15, 0.2) is 0 Å². The normalized spacial score (nSPS) is 23.2. The molecule has 0 radical (unpaired) electrons. The Bertz CT molecular complexity index is 716. The maximum Gasteiger partial charge on any atom is 0.144 e. The summed E-state index contributed by atoms with van der Waals surface area (Å²) in [7, 11) is 3.86. The monoisotopic (exact) mass is 338 g/mol. The standard InChI is InChI=1S/C21H30N4/c1-8-15(3)25-19(9-2)24(7)17(5)20(21(25)22-6)16(4)23-18-13-11-10-12-14-18/h9-11,13,23H,3,5,8,12,14H2,1-2,4,6-7H3/b19-9-,20-16+,22-21?. The molecule has 0 saturated carbocycles. The minimum Gasteiger partial charge on any atom is -0.362 e. The van der Waals surface area contributed by atoms with Crippen molar-refractivity contribution in [1.82, 2.24) is 15.1 Å². The van der Waals surface area contributed by atoms with Crippen LogP contribution in [0.5, 0.6) is 0 Å². The fourth-order valence-corrected chi connectivity index (χ4v) is 3.20. The lowest BCUT2D eigenvalue weighted by Gasteiger charge is -2.43. The number of amidine groups is 1. The molecule has 4 nitrogen and oxygen atoms in total. The molecule has 1 N–H and O–H groups in total. The molecule has 0 bridgehead atoms. The number of hydrogen-bond acceptors (Lipinski definition) is 3. The molecule has 0 aromatic rings. The largest absolute Gasteiger partial charge is 0.362 e. The van der Waals surface area contributed by atoms with Gasteiger partial charge in [-0.3, -0.25) is 9.89 Å². The molecule has 2 aliphatic rings. The third-order valence-electron chi connectivity index (χ3n) is 4.63. The van der Waals surface area contributed by atoms with Crippen molar-refractivity contribution >= 4 is 5.84 Å². The first-order valence-electron chi connectivity index (χ1n) is 8.84. The minimum atomic E-state index is 0.854. The third kappa shape index (κ3) is 3.63. The fourth-order valence-electron chi connectivity index (χ4n) is 3.20. The van der Waals surface area contributed by atoms with Crippen molar-refractivity contribution in [2.75, 3.05) is 14.1 Å². The van der Waals surface area contributed by atoms with Gasteiger partial charge >= 0.3 is 0 Å². The van der Waals surface area contributed by atoms with Crippen LogP contribution in [-0.4, -0.2) is 29.7 Å². The van der Waals surface area contributed by atoms with Crippen LogP contribution in [0.2, 0.25) is 0 Å². The molecule has 1 aliphatic heterocycles. The zero-order valence-corrected chi connectivity index (χ0v) is 16.2. The molecule has 1 heterocycles. The predicted molar refractivity (Wildman–Crippen MR) is 108 cm³/mol. The Morgan fingerprint density at radius 3 is 2.68 bits per heavy atom. The molecule has 1 fully saturated rings. The first-order valence-corrected chi connectivity index (χ1v) is 8.84. The second-order valence-corrected chi connectivity index (χ2v) is 6.24. The average Bonchev–Trinajstić information content (AvgIpc) is 2.63. The van der Waals surface area contributed by atoms with Crippen LogP contribution in [0.25, 0.3) is 0 Å². The van der Waals surface area contributed by atoms with Gasteiger partial charge in [-0.25, -0.2) is 0 Å². The van der Waals surface area contributed by atoms with Crippen LogP contribution in [0.3, 0.4) is 0 Å². The zero-order valence-electron chi connectivity index (χ0n) is 16.2. The Labute approximate surface area is 152 Å². The summed E-state index contributed by atoms with van der Waals surface area (Å²) in [5, 5.41) is 3.56. The molecule has 0 unspecified atom stereocenters. The Balaban J connectivity index is 2.53. The van der Waals surface area contributed by atoms with Crippen molar-refractivity contribution in [3.05, 3.63) is 71.6 Å². The third-order valence-corrected chi connectivity index (χ3v) is 4.63. The molecule has 25 heavy (non-hydrogen) atoms. The Morgan fingerprint density at radius 1 is 1.44 bits per heavy atom. The molecule has 0 aromatic carbocycles. The van der Waals surface area contributed by atoms with Gasteiger partial charge in [-0.1, -0.05) is 32.2 Å². The van der Waals surface area contributed by atoms with E-state index < -0.39 is 0 Å². The number of allylic oxidation sites excluding steroid dienone is 7. The van der Waals surface area contributed by atoms with Crippen molar-refractivity contribution < 1.29 is 0 Å². The van der Waals surface area contributed by atoms with E-state index in [1.54, 1.807) is 0 Å². The van der Waals surface area contributed by atoms with Gasteiger partial charge in [0.05, 0.1) is 5.57 Å². The Morgan fingerprint density at radius 2 is 2.16 bits per heavy atom. The van der Waals surface area contributed by atoms with Gasteiger partial charge < -0.3 is 10.2 Å². The lowest BCUT2D eigenvalue weighted by Crippen LogP contribution is -2.45. The summed E-state index contributed by atoms with van der Waals surface area (Å²) in [5.74, 6) is 1.92.